The van der Waals surface area contributed by atoms with Crippen molar-refractivity contribution < 1.29 is 19.1 Å². The average molecular weight is 414 g/mol. The van der Waals surface area contributed by atoms with Crippen LogP contribution >= 0.6 is 11.3 Å². The van der Waals surface area contributed by atoms with Gasteiger partial charge in [0.1, 0.15) is 12.4 Å². The van der Waals surface area contributed by atoms with Crippen LogP contribution in [-0.2, 0) is 16.1 Å². The second-order valence-corrected chi connectivity index (χ2v) is 6.72. The number of hydrogen-bond acceptors (Lipinski definition) is 8. The topological polar surface area (TPSA) is 112 Å². The smallest absolute Gasteiger partial charge is 0.359 e. The molecule has 0 atom stereocenters. The molecule has 0 unspecified atom stereocenters. The van der Waals surface area contributed by atoms with Gasteiger partial charge >= 0.3 is 5.97 Å². The van der Waals surface area contributed by atoms with E-state index in [0.29, 0.717) is 10.9 Å². The summed E-state index contributed by atoms with van der Waals surface area (Å²) in [6.07, 6.45) is 0. The Bertz CT molecular complexity index is 1050. The van der Waals surface area contributed by atoms with Gasteiger partial charge in [0.05, 0.1) is 12.2 Å². The largest absolute Gasteiger partial charge is 0.492 e. The van der Waals surface area contributed by atoms with Crippen LogP contribution in [0.3, 0.4) is 0 Å². The van der Waals surface area contributed by atoms with Gasteiger partial charge in [-0.2, -0.15) is 5.10 Å². The zero-order chi connectivity index (χ0) is 20.6. The van der Waals surface area contributed by atoms with E-state index in [1.54, 1.807) is 24.4 Å². The van der Waals surface area contributed by atoms with Crippen molar-refractivity contribution in [1.29, 1.82) is 0 Å². The van der Waals surface area contributed by atoms with Gasteiger partial charge in [0.2, 0.25) is 0 Å². The fourth-order valence-electron chi connectivity index (χ4n) is 2.26. The molecule has 0 saturated carbocycles. The number of nitrogens with one attached hydrogen (secondary N) is 1. The predicted molar refractivity (Wildman–Crippen MR) is 106 cm³/mol. The number of anilines is 1. The zero-order valence-corrected chi connectivity index (χ0v) is 16.3. The number of para-hydroxylation sites is 1. The number of carbonyl (C=O) groups excluding carboxylic acids is 2. The van der Waals surface area contributed by atoms with Crippen LogP contribution in [0.25, 0.3) is 0 Å². The summed E-state index contributed by atoms with van der Waals surface area (Å²) in [5, 5.41) is 8.72. The van der Waals surface area contributed by atoms with E-state index in [1.807, 2.05) is 18.2 Å². The fourth-order valence-corrected chi connectivity index (χ4v) is 2.96. The highest BCUT2D eigenvalue weighted by Gasteiger charge is 2.14. The van der Waals surface area contributed by atoms with E-state index in [1.165, 1.54) is 23.5 Å². The van der Waals surface area contributed by atoms with Crippen LogP contribution in [0.5, 0.6) is 5.75 Å². The van der Waals surface area contributed by atoms with Gasteiger partial charge in [0, 0.05) is 11.4 Å². The van der Waals surface area contributed by atoms with Crippen LogP contribution in [0.15, 0.2) is 52.6 Å². The van der Waals surface area contributed by atoms with Gasteiger partial charge < -0.3 is 9.47 Å². The Labute approximate surface area is 169 Å². The molecule has 1 N–H and O–H groups in total. The first-order valence-electron chi connectivity index (χ1n) is 8.66. The van der Waals surface area contributed by atoms with Crippen molar-refractivity contribution in [1.82, 2.24) is 14.8 Å². The highest BCUT2D eigenvalue weighted by Crippen LogP contribution is 2.14. The third-order valence-corrected chi connectivity index (χ3v) is 4.47. The van der Waals surface area contributed by atoms with Gasteiger partial charge in [-0.05, 0) is 25.1 Å². The molecule has 2 heterocycles. The van der Waals surface area contributed by atoms with Crippen molar-refractivity contribution in [3.05, 3.63) is 69.6 Å². The Balaban J connectivity index is 1.53. The number of hydrogen-bond donors (Lipinski definition) is 1. The highest BCUT2D eigenvalue weighted by atomic mass is 32.1. The molecule has 150 valence electrons. The highest BCUT2D eigenvalue weighted by molar-refractivity contribution is 7.13. The molecule has 0 radical (unpaired) electrons. The van der Waals surface area contributed by atoms with Crippen LogP contribution in [0.1, 0.15) is 16.2 Å². The third-order valence-electron chi connectivity index (χ3n) is 3.59. The molecule has 10 heteroatoms. The van der Waals surface area contributed by atoms with E-state index in [0.717, 1.165) is 10.4 Å². The first kappa shape index (κ1) is 20.2. The lowest BCUT2D eigenvalue weighted by atomic mass is 10.3. The standard InChI is InChI=1S/C19H18N4O5S/c1-13-12-29-19(20-13)21-16(24)11-28-18(26)15-7-8-17(25)23(22-15)9-10-27-14-5-3-2-4-6-14/h2-8,12H,9-11H2,1H3,(H,20,21,24). The maximum atomic E-state index is 12.1. The Hall–Kier alpha value is -3.53. The van der Waals surface area contributed by atoms with Gasteiger partial charge in [0.15, 0.2) is 17.4 Å². The zero-order valence-electron chi connectivity index (χ0n) is 15.5. The van der Waals surface area contributed by atoms with E-state index < -0.39 is 18.5 Å². The van der Waals surface area contributed by atoms with Gasteiger partial charge in [-0.3, -0.25) is 14.9 Å². The normalized spacial score (nSPS) is 10.4. The lowest BCUT2D eigenvalue weighted by Crippen LogP contribution is -2.28. The van der Waals surface area contributed by atoms with Gasteiger partial charge in [-0.25, -0.2) is 14.5 Å². The van der Waals surface area contributed by atoms with E-state index >= 15 is 0 Å². The maximum absolute atomic E-state index is 12.1. The lowest BCUT2D eigenvalue weighted by molar-refractivity contribution is -0.119. The van der Waals surface area contributed by atoms with Gasteiger partial charge in [0.25, 0.3) is 11.5 Å². The number of aryl methyl sites for hydroxylation is 1. The van der Waals surface area contributed by atoms with Crippen LogP contribution in [0, 0.1) is 6.92 Å². The molecular weight excluding hydrogens is 396 g/mol. The Kier molecular flexibility index (Phi) is 6.69. The van der Waals surface area contributed by atoms with Crippen molar-refractivity contribution in [2.75, 3.05) is 18.5 Å². The molecule has 0 spiro atoms. The molecule has 0 saturated heterocycles. The van der Waals surface area contributed by atoms with Crippen LogP contribution < -0.4 is 15.6 Å². The Morgan fingerprint density at radius 3 is 2.69 bits per heavy atom. The van der Waals surface area contributed by atoms with Gasteiger partial charge in [-0.15, -0.1) is 11.3 Å². The Morgan fingerprint density at radius 2 is 1.97 bits per heavy atom. The molecule has 3 rings (SSSR count). The first-order valence-corrected chi connectivity index (χ1v) is 9.54. The average Bonchev–Trinajstić information content (AvgIpc) is 3.13. The van der Waals surface area contributed by atoms with E-state index in [2.05, 4.69) is 15.4 Å². The van der Waals surface area contributed by atoms with Crippen molar-refractivity contribution in [3.8, 4) is 5.75 Å². The number of carbonyl (C=O) groups is 2. The molecule has 29 heavy (non-hydrogen) atoms. The molecule has 0 aliphatic carbocycles. The number of ether oxygens (including phenoxy) is 2. The number of thiazole rings is 1. The molecule has 0 aliphatic rings. The van der Waals surface area contributed by atoms with Gasteiger partial charge in [-0.1, -0.05) is 18.2 Å². The molecule has 0 bridgehead atoms. The SMILES string of the molecule is Cc1csc(NC(=O)COC(=O)c2ccc(=O)n(CCOc3ccccc3)n2)n1. The third kappa shape index (κ3) is 5.98. The summed E-state index contributed by atoms with van der Waals surface area (Å²) in [4.78, 5) is 40.0. The van der Waals surface area contributed by atoms with Crippen LogP contribution in [0.4, 0.5) is 5.13 Å². The number of rotatable bonds is 8. The monoisotopic (exact) mass is 414 g/mol. The second kappa shape index (κ2) is 9.60. The second-order valence-electron chi connectivity index (χ2n) is 5.86. The molecule has 9 nitrogen and oxygen atoms in total. The summed E-state index contributed by atoms with van der Waals surface area (Å²) in [5.74, 6) is -0.664. The maximum Gasteiger partial charge on any atom is 0.359 e. The minimum atomic E-state index is -0.812. The minimum absolute atomic E-state index is 0.0813. The molecule has 3 aromatic rings. The molecule has 0 fully saturated rings. The molecule has 0 aliphatic heterocycles. The number of esters is 1. The molecular formula is C19H18N4O5S. The number of benzene rings is 1. The summed E-state index contributed by atoms with van der Waals surface area (Å²) in [6, 6.07) is 11.6. The number of aromatic nitrogens is 3. The van der Waals surface area contributed by atoms with E-state index in [9.17, 15) is 14.4 Å². The van der Waals surface area contributed by atoms with E-state index in [-0.39, 0.29) is 24.4 Å². The fraction of sp³-hybridized carbons (Fsp3) is 0.211. The van der Waals surface area contributed by atoms with Crippen molar-refractivity contribution in [2.24, 2.45) is 0 Å². The summed E-state index contributed by atoms with van der Waals surface area (Å²) in [6.45, 7) is 1.66. The Morgan fingerprint density at radius 1 is 1.17 bits per heavy atom. The molecule has 2 aromatic heterocycles. The predicted octanol–water partition coefficient (Wildman–Crippen LogP) is 1.88. The quantitative estimate of drug-likeness (QED) is 0.560. The van der Waals surface area contributed by atoms with Crippen molar-refractivity contribution in [2.45, 2.75) is 13.5 Å². The lowest BCUT2D eigenvalue weighted by Gasteiger charge is -2.09. The minimum Gasteiger partial charge on any atom is -0.492 e. The molecule has 1 aromatic carbocycles. The molecule has 1 amide bonds. The summed E-state index contributed by atoms with van der Waals surface area (Å²) >= 11 is 1.27. The number of nitrogens with zero attached hydrogens (tertiary/aromatic N) is 3. The first-order chi connectivity index (χ1) is 14.0. The summed E-state index contributed by atoms with van der Waals surface area (Å²) < 4.78 is 11.6. The van der Waals surface area contributed by atoms with Crippen LogP contribution in [-0.4, -0.2) is 39.9 Å². The van der Waals surface area contributed by atoms with E-state index in [4.69, 9.17) is 9.47 Å². The van der Waals surface area contributed by atoms with Crippen LogP contribution in [0.2, 0.25) is 0 Å². The summed E-state index contributed by atoms with van der Waals surface area (Å²) in [7, 11) is 0. The number of amides is 1. The van der Waals surface area contributed by atoms with Crippen molar-refractivity contribution in [3.63, 3.8) is 0 Å². The van der Waals surface area contributed by atoms with Crippen molar-refractivity contribution >= 4 is 28.3 Å². The summed E-state index contributed by atoms with van der Waals surface area (Å²) in [5.41, 5.74) is 0.322.